The molecule has 0 radical (unpaired) electrons. The second kappa shape index (κ2) is 14.8. The third-order valence-corrected chi connectivity index (χ3v) is 8.43. The Balaban J connectivity index is 1.34. The van der Waals surface area contributed by atoms with Crippen molar-refractivity contribution < 1.29 is 9.59 Å². The first-order valence-electron chi connectivity index (χ1n) is 14.8. The van der Waals surface area contributed by atoms with Crippen molar-refractivity contribution >= 4 is 28.4 Å². The molecule has 42 heavy (non-hydrogen) atoms. The minimum Gasteiger partial charge on any atom is -0.340 e. The lowest BCUT2D eigenvalue weighted by Crippen LogP contribution is -2.51. The van der Waals surface area contributed by atoms with Gasteiger partial charge in [0.2, 0.25) is 5.91 Å². The molecule has 1 aromatic heterocycles. The smallest absolute Gasteiger partial charge is 0.324 e. The van der Waals surface area contributed by atoms with Crippen LogP contribution >= 0.6 is 11.3 Å². The summed E-state index contributed by atoms with van der Waals surface area (Å²) in [5, 5.41) is 9.00. The van der Waals surface area contributed by atoms with Gasteiger partial charge < -0.3 is 15.1 Å². The summed E-state index contributed by atoms with van der Waals surface area (Å²) in [6, 6.07) is 30.5. The number of nitrogens with zero attached hydrogens (tertiary/aromatic N) is 3. The molecule has 7 nitrogen and oxygen atoms in total. The molecule has 4 aromatic rings. The number of aromatic nitrogens is 1. The summed E-state index contributed by atoms with van der Waals surface area (Å²) < 4.78 is 0. The summed E-state index contributed by atoms with van der Waals surface area (Å²) >= 11 is 1.42. The number of hydrogen-bond donors (Lipinski definition) is 2. The molecule has 8 heteroatoms. The summed E-state index contributed by atoms with van der Waals surface area (Å²) in [6.45, 7) is 4.83. The average molecular weight is 582 g/mol. The third kappa shape index (κ3) is 8.05. The van der Waals surface area contributed by atoms with Crippen LogP contribution < -0.4 is 10.6 Å². The number of carbonyl (C=O) groups excluding carboxylic acids is 2. The molecule has 1 aliphatic rings. The van der Waals surface area contributed by atoms with E-state index in [2.05, 4.69) is 41.8 Å². The van der Waals surface area contributed by atoms with Gasteiger partial charge in [0, 0.05) is 49.6 Å². The quantitative estimate of drug-likeness (QED) is 0.209. The monoisotopic (exact) mass is 581 g/mol. The first-order chi connectivity index (χ1) is 20.6. The van der Waals surface area contributed by atoms with E-state index in [0.717, 1.165) is 49.3 Å². The second-order valence-electron chi connectivity index (χ2n) is 10.8. The van der Waals surface area contributed by atoms with Gasteiger partial charge in [-0.25, -0.2) is 9.78 Å². The van der Waals surface area contributed by atoms with Crippen LogP contribution in [0, 0.1) is 0 Å². The predicted molar refractivity (Wildman–Crippen MR) is 170 cm³/mol. The zero-order valence-electron chi connectivity index (χ0n) is 24.1. The molecule has 1 unspecified atom stereocenters. The van der Waals surface area contributed by atoms with Crippen LogP contribution in [0.25, 0.3) is 11.3 Å². The van der Waals surface area contributed by atoms with Gasteiger partial charge in [-0.15, -0.1) is 11.3 Å². The molecule has 5 rings (SSSR count). The SMILES string of the molecule is CC1CN(C(=O)CCCN(C(=O)Nc2nc(-c3ccccc3)cs2)[C@@H](CCc2ccccc2)c2ccccc2)CCN1. The Morgan fingerprint density at radius 1 is 1.02 bits per heavy atom. The molecule has 2 N–H and O–H groups in total. The maximum Gasteiger partial charge on any atom is 0.324 e. The lowest BCUT2D eigenvalue weighted by atomic mass is 9.97. The van der Waals surface area contributed by atoms with Crippen LogP contribution in [-0.2, 0) is 11.2 Å². The van der Waals surface area contributed by atoms with Crippen LogP contribution in [-0.4, -0.2) is 58.9 Å². The topological polar surface area (TPSA) is 77.6 Å². The zero-order valence-corrected chi connectivity index (χ0v) is 24.9. The first kappa shape index (κ1) is 29.5. The van der Waals surface area contributed by atoms with Crippen LogP contribution in [0.3, 0.4) is 0 Å². The number of carbonyl (C=O) groups is 2. The molecule has 0 spiro atoms. The van der Waals surface area contributed by atoms with Crippen LogP contribution in [0.4, 0.5) is 9.93 Å². The standard InChI is InChI=1S/C34H39N5O2S/c1-26-24-38(23-21-35-26)32(40)18-11-22-39(34(41)37-33-36-30(25-42-33)28-14-7-3-8-15-28)31(29-16-9-4-10-17-29)20-19-27-12-5-2-6-13-27/h2-10,12-17,25-26,31,35H,11,18-24H2,1H3,(H,36,37,41)/t26?,31-/m0/s1. The summed E-state index contributed by atoms with van der Waals surface area (Å²) in [6.07, 6.45) is 2.59. The van der Waals surface area contributed by atoms with E-state index in [4.69, 9.17) is 4.98 Å². The highest BCUT2D eigenvalue weighted by Gasteiger charge is 2.27. The van der Waals surface area contributed by atoms with Crippen molar-refractivity contribution in [2.24, 2.45) is 0 Å². The van der Waals surface area contributed by atoms with Gasteiger partial charge >= 0.3 is 6.03 Å². The molecule has 1 saturated heterocycles. The van der Waals surface area contributed by atoms with Gasteiger partial charge in [-0.05, 0) is 37.3 Å². The Labute approximate surface area is 252 Å². The average Bonchev–Trinajstić information content (AvgIpc) is 3.50. The van der Waals surface area contributed by atoms with E-state index in [0.29, 0.717) is 30.6 Å². The van der Waals surface area contributed by atoms with Gasteiger partial charge in [0.05, 0.1) is 11.7 Å². The predicted octanol–water partition coefficient (Wildman–Crippen LogP) is 6.62. The molecule has 2 heterocycles. The van der Waals surface area contributed by atoms with Crippen molar-refractivity contribution in [3.63, 3.8) is 0 Å². The molecule has 2 atom stereocenters. The van der Waals surface area contributed by atoms with Crippen molar-refractivity contribution in [3.05, 3.63) is 108 Å². The number of hydrogen-bond acceptors (Lipinski definition) is 5. The van der Waals surface area contributed by atoms with E-state index in [1.54, 1.807) is 0 Å². The molecule has 0 bridgehead atoms. The van der Waals surface area contributed by atoms with Crippen LogP contribution in [0.15, 0.2) is 96.4 Å². The molecular formula is C34H39N5O2S. The molecule has 0 aliphatic carbocycles. The van der Waals surface area contributed by atoms with E-state index < -0.39 is 0 Å². The molecule has 1 fully saturated rings. The Kier molecular flexibility index (Phi) is 10.4. The minimum atomic E-state index is -0.200. The highest BCUT2D eigenvalue weighted by Crippen LogP contribution is 2.29. The molecule has 1 aliphatic heterocycles. The number of urea groups is 1. The van der Waals surface area contributed by atoms with Crippen molar-refractivity contribution in [3.8, 4) is 11.3 Å². The summed E-state index contributed by atoms with van der Waals surface area (Å²) in [7, 11) is 0. The summed E-state index contributed by atoms with van der Waals surface area (Å²) in [5.74, 6) is 0.150. The molecule has 3 amide bonds. The van der Waals surface area contributed by atoms with E-state index in [9.17, 15) is 9.59 Å². The highest BCUT2D eigenvalue weighted by atomic mass is 32.1. The fraction of sp³-hybridized carbons (Fsp3) is 0.324. The van der Waals surface area contributed by atoms with Gasteiger partial charge in [-0.3, -0.25) is 10.1 Å². The maximum absolute atomic E-state index is 14.0. The van der Waals surface area contributed by atoms with Crippen molar-refractivity contribution in [2.75, 3.05) is 31.5 Å². The maximum atomic E-state index is 14.0. The van der Waals surface area contributed by atoms with Crippen molar-refractivity contribution in [1.82, 2.24) is 20.1 Å². The van der Waals surface area contributed by atoms with Gasteiger partial charge in [-0.1, -0.05) is 91.0 Å². The van der Waals surface area contributed by atoms with Crippen LogP contribution in [0.5, 0.6) is 0 Å². The lowest BCUT2D eigenvalue weighted by Gasteiger charge is -2.34. The largest absolute Gasteiger partial charge is 0.340 e. The normalized spacial score (nSPS) is 15.6. The summed E-state index contributed by atoms with van der Waals surface area (Å²) in [5.41, 5.74) is 4.16. The lowest BCUT2D eigenvalue weighted by molar-refractivity contribution is -0.132. The number of benzene rings is 3. The van der Waals surface area contributed by atoms with Crippen molar-refractivity contribution in [1.29, 1.82) is 0 Å². The Morgan fingerprint density at radius 2 is 1.71 bits per heavy atom. The number of anilines is 1. The zero-order chi connectivity index (χ0) is 29.1. The Hall–Kier alpha value is -4.01. The van der Waals surface area contributed by atoms with Crippen LogP contribution in [0.2, 0.25) is 0 Å². The van der Waals surface area contributed by atoms with E-state index in [-0.39, 0.29) is 18.0 Å². The number of rotatable bonds is 11. The van der Waals surface area contributed by atoms with Gasteiger partial charge in [0.25, 0.3) is 0 Å². The molecular weight excluding hydrogens is 542 g/mol. The van der Waals surface area contributed by atoms with E-state index in [1.165, 1.54) is 16.9 Å². The van der Waals surface area contributed by atoms with Gasteiger partial charge in [0.15, 0.2) is 5.13 Å². The highest BCUT2D eigenvalue weighted by molar-refractivity contribution is 7.14. The molecule has 3 aromatic carbocycles. The fourth-order valence-electron chi connectivity index (χ4n) is 5.48. The third-order valence-electron chi connectivity index (χ3n) is 7.67. The first-order valence-corrected chi connectivity index (χ1v) is 15.6. The fourth-order valence-corrected chi connectivity index (χ4v) is 6.19. The number of amides is 3. The Morgan fingerprint density at radius 3 is 2.43 bits per heavy atom. The number of thiazole rings is 1. The van der Waals surface area contributed by atoms with E-state index >= 15 is 0 Å². The van der Waals surface area contributed by atoms with E-state index in [1.807, 2.05) is 81.9 Å². The molecule has 0 saturated carbocycles. The van der Waals surface area contributed by atoms with Gasteiger partial charge in [0.1, 0.15) is 0 Å². The molecule has 218 valence electrons. The van der Waals surface area contributed by atoms with Crippen molar-refractivity contribution in [2.45, 2.75) is 44.7 Å². The Bertz CT molecular complexity index is 1410. The van der Waals surface area contributed by atoms with Crippen LogP contribution in [0.1, 0.15) is 43.4 Å². The van der Waals surface area contributed by atoms with Gasteiger partial charge in [-0.2, -0.15) is 0 Å². The number of aryl methyl sites for hydroxylation is 1. The minimum absolute atomic E-state index is 0.150. The summed E-state index contributed by atoms with van der Waals surface area (Å²) in [4.78, 5) is 35.6. The second-order valence-corrected chi connectivity index (χ2v) is 11.6. The number of piperazine rings is 1. The number of nitrogens with one attached hydrogen (secondary N) is 2.